The summed E-state index contributed by atoms with van der Waals surface area (Å²) >= 11 is 0. The average molecular weight is 903 g/mol. The van der Waals surface area contributed by atoms with Gasteiger partial charge in [-0.2, -0.15) is 0 Å². The second kappa shape index (κ2) is 15.5. The van der Waals surface area contributed by atoms with Gasteiger partial charge in [0.05, 0.1) is 33.8 Å². The molecular formula is C44H38O21. The van der Waals surface area contributed by atoms with Crippen LogP contribution in [0.15, 0.2) is 64.3 Å². The molecule has 1 saturated heterocycles. The predicted octanol–water partition coefficient (Wildman–Crippen LogP) is 1.62. The molecule has 0 amide bonds. The number of aromatic hydroxyl groups is 5. The topological polar surface area (TPSA) is 326 Å². The Balaban J connectivity index is 1.25. The summed E-state index contributed by atoms with van der Waals surface area (Å²) in [7, 11) is 0. The highest BCUT2D eigenvalue weighted by Crippen LogP contribution is 2.61. The first-order chi connectivity index (χ1) is 30.8. The second-order valence-corrected chi connectivity index (χ2v) is 16.5. The Kier molecular flexibility index (Phi) is 10.3. The Hall–Kier alpha value is -7.23. The van der Waals surface area contributed by atoms with Crippen molar-refractivity contribution in [2.24, 2.45) is 0 Å². The van der Waals surface area contributed by atoms with Gasteiger partial charge >= 0.3 is 29.8 Å². The zero-order valence-electron chi connectivity index (χ0n) is 33.9. The normalized spacial score (nSPS) is 31.7. The van der Waals surface area contributed by atoms with Crippen LogP contribution in [-0.2, 0) is 52.4 Å². The molecule has 4 heterocycles. The Morgan fingerprint density at radius 2 is 1.35 bits per heavy atom. The molecule has 2 aromatic rings. The van der Waals surface area contributed by atoms with Crippen LogP contribution in [0.5, 0.6) is 34.5 Å². The third-order valence-electron chi connectivity index (χ3n) is 12.4. The molecule has 3 aliphatic carbocycles. The Labute approximate surface area is 365 Å². The van der Waals surface area contributed by atoms with Crippen LogP contribution in [0.25, 0.3) is 0 Å². The fourth-order valence-electron chi connectivity index (χ4n) is 9.39. The van der Waals surface area contributed by atoms with Crippen LogP contribution in [0, 0.1) is 0 Å². The number of hydrogen-bond donors (Lipinski definition) is 7. The molecule has 2 aromatic carbocycles. The molecule has 7 N–H and O–H groups in total. The van der Waals surface area contributed by atoms with Crippen LogP contribution in [0.4, 0.5) is 0 Å². The van der Waals surface area contributed by atoms with Gasteiger partial charge in [0, 0.05) is 12.0 Å². The van der Waals surface area contributed by atoms with Crippen LogP contribution in [0.3, 0.4) is 0 Å². The summed E-state index contributed by atoms with van der Waals surface area (Å²) in [4.78, 5) is 98.1. The molecule has 21 heteroatoms. The van der Waals surface area contributed by atoms with Crippen molar-refractivity contribution in [3.05, 3.63) is 81.0 Å². The van der Waals surface area contributed by atoms with Crippen molar-refractivity contribution >= 4 is 41.4 Å². The lowest BCUT2D eigenvalue weighted by Gasteiger charge is -2.45. The highest BCUT2D eigenvalue weighted by atomic mass is 16.7. The number of benzene rings is 2. The first-order valence-electron chi connectivity index (χ1n) is 20.4. The van der Waals surface area contributed by atoms with E-state index in [1.807, 2.05) is 0 Å². The van der Waals surface area contributed by atoms with Gasteiger partial charge in [-0.3, -0.25) is 9.59 Å². The number of carbonyl (C=O) groups is 7. The van der Waals surface area contributed by atoms with E-state index in [-0.39, 0.29) is 11.1 Å². The molecule has 21 nitrogen and oxygen atoms in total. The van der Waals surface area contributed by atoms with Crippen molar-refractivity contribution in [2.45, 2.75) is 99.9 Å². The summed E-state index contributed by atoms with van der Waals surface area (Å²) in [5.74, 6) is -20.5. The molecule has 65 heavy (non-hydrogen) atoms. The Bertz CT molecular complexity index is 2650. The number of fused-ring (bicyclic) bond motifs is 2. The van der Waals surface area contributed by atoms with E-state index in [9.17, 15) is 69.3 Å². The number of phenolic OH excluding ortho intramolecular Hbond substituents is 5. The molecule has 0 saturated carbocycles. The Morgan fingerprint density at radius 3 is 2.00 bits per heavy atom. The van der Waals surface area contributed by atoms with Gasteiger partial charge in [-0.15, -0.1) is 0 Å². The van der Waals surface area contributed by atoms with E-state index in [0.717, 1.165) is 6.92 Å². The number of aliphatic hydroxyl groups is 2. The lowest BCUT2D eigenvalue weighted by atomic mass is 9.67. The van der Waals surface area contributed by atoms with E-state index in [4.69, 9.17) is 33.2 Å². The lowest BCUT2D eigenvalue weighted by molar-refractivity contribution is -0.290. The van der Waals surface area contributed by atoms with Crippen LogP contribution in [0.2, 0.25) is 0 Å². The van der Waals surface area contributed by atoms with Gasteiger partial charge in [0.2, 0.25) is 18.1 Å². The first-order valence-corrected chi connectivity index (χ1v) is 20.4. The van der Waals surface area contributed by atoms with Gasteiger partial charge < -0.3 is 68.9 Å². The van der Waals surface area contributed by atoms with E-state index >= 15 is 0 Å². The molecule has 1 fully saturated rings. The van der Waals surface area contributed by atoms with E-state index in [1.165, 1.54) is 0 Å². The number of esters is 5. The fraction of sp³-hybridized carbons (Fsp3) is 0.386. The van der Waals surface area contributed by atoms with E-state index in [0.29, 0.717) is 73.9 Å². The number of phenols is 5. The van der Waals surface area contributed by atoms with Crippen LogP contribution < -0.4 is 4.74 Å². The molecule has 4 aliphatic heterocycles. The minimum Gasteiger partial charge on any atom is -0.504 e. The van der Waals surface area contributed by atoms with Crippen molar-refractivity contribution in [3.8, 4) is 34.5 Å². The molecule has 0 unspecified atom stereocenters. The molecule has 340 valence electrons. The summed E-state index contributed by atoms with van der Waals surface area (Å²) in [6.07, 6.45) is -5.06. The van der Waals surface area contributed by atoms with Crippen LogP contribution in [-0.4, -0.2) is 126 Å². The minimum atomic E-state index is -3.39. The molecule has 0 spiro atoms. The van der Waals surface area contributed by atoms with Crippen molar-refractivity contribution in [1.29, 1.82) is 0 Å². The minimum absolute atomic E-state index is 0.00377. The molecule has 8 atom stereocenters. The van der Waals surface area contributed by atoms with Crippen LogP contribution >= 0.6 is 0 Å². The third-order valence-corrected chi connectivity index (χ3v) is 12.4. The van der Waals surface area contributed by atoms with E-state index in [1.54, 1.807) is 12.2 Å². The second-order valence-electron chi connectivity index (χ2n) is 16.5. The number of Topliss-reactive ketones (excluding diaryl/α,β-unsaturated/α-hetero) is 1. The maximum absolute atomic E-state index is 14.7. The highest BCUT2D eigenvalue weighted by Gasteiger charge is 2.70. The van der Waals surface area contributed by atoms with Gasteiger partial charge in [-0.05, 0) is 80.9 Å². The maximum Gasteiger partial charge on any atom is 0.340 e. The van der Waals surface area contributed by atoms with Gasteiger partial charge in [0.15, 0.2) is 52.3 Å². The van der Waals surface area contributed by atoms with Gasteiger partial charge in [0.1, 0.15) is 18.5 Å². The number of hydrogen-bond acceptors (Lipinski definition) is 21. The number of allylic oxidation sites excluding steroid dienone is 2. The van der Waals surface area contributed by atoms with Crippen molar-refractivity contribution in [1.82, 2.24) is 0 Å². The van der Waals surface area contributed by atoms with Gasteiger partial charge in [-0.25, -0.2) is 24.0 Å². The molecule has 0 radical (unpaired) electrons. The van der Waals surface area contributed by atoms with Gasteiger partial charge in [0.25, 0.3) is 5.79 Å². The number of cyclic esters (lactones) is 1. The number of ketones is 2. The Morgan fingerprint density at radius 1 is 0.754 bits per heavy atom. The summed E-state index contributed by atoms with van der Waals surface area (Å²) in [5, 5.41) is 76.3. The molecule has 9 rings (SSSR count). The van der Waals surface area contributed by atoms with Crippen molar-refractivity contribution in [3.63, 3.8) is 0 Å². The zero-order valence-corrected chi connectivity index (χ0v) is 33.9. The van der Waals surface area contributed by atoms with Gasteiger partial charge in [-0.1, -0.05) is 12.2 Å². The monoisotopic (exact) mass is 902 g/mol. The quantitative estimate of drug-likeness (QED) is 0.130. The summed E-state index contributed by atoms with van der Waals surface area (Å²) in [5.41, 5.74) is -5.05. The molecule has 0 aromatic heterocycles. The van der Waals surface area contributed by atoms with Crippen molar-refractivity contribution in [2.75, 3.05) is 6.61 Å². The number of ether oxygens (including phenoxy) is 7. The standard InChI is InChI=1S/C44H38O21/c1-16(45)14-43(57)28(49)13-23-30-29-22(12-26(48)32(51)34(29)65-44(30,43)58)40(55)63-36-35-33(61-41(23)56)27(60-42(36)64-37(52)17-10-24(46)31(50)25(47)11-17)15-59-38(53)20-8-4-2-6-18(20)19-7-3-5-9-21(19)39(54)62-35/h8-13,27,30,33,35-36,42,46-48,50-51,57-58H,2-7,14-15H2,1H3/b19-18-/t27-,30+,33-,35+,36-,42+,43+,44-/m1/s1. The third kappa shape index (κ3) is 6.76. The maximum atomic E-state index is 14.7. The SMILES string of the molecule is CC(=O)C[C@]1(O)C(=O)C=C2C(=O)O[C@H]3[C@@H]4OC(=O)C5=CCCC/C5=C5\CCCC=C5C(=O)OC[C@H]3O[C@@H](OC(=O)c3cc(O)c(O)c(O)c3)[C@@H]4OC(=O)c3cc(O)c(O)c4c3[C@H]2[C@@]1(O)O4. The largest absolute Gasteiger partial charge is 0.504 e. The zero-order chi connectivity index (χ0) is 46.4. The highest BCUT2D eigenvalue weighted by molar-refractivity contribution is 6.10. The van der Waals surface area contributed by atoms with E-state index in [2.05, 4.69) is 0 Å². The average Bonchev–Trinajstić information content (AvgIpc) is 3.59. The summed E-state index contributed by atoms with van der Waals surface area (Å²) in [6, 6.07) is 2.01. The summed E-state index contributed by atoms with van der Waals surface area (Å²) < 4.78 is 41.1. The van der Waals surface area contributed by atoms with Crippen molar-refractivity contribution < 1.29 is 102 Å². The summed E-state index contributed by atoms with van der Waals surface area (Å²) in [6.45, 7) is 0.105. The lowest BCUT2D eigenvalue weighted by Crippen LogP contribution is -2.67. The molecule has 4 bridgehead atoms. The number of carbonyl (C=O) groups excluding carboxylic acids is 7. The smallest absolute Gasteiger partial charge is 0.340 e. The fourth-order valence-corrected chi connectivity index (χ4v) is 9.39. The molecule has 7 aliphatic rings. The van der Waals surface area contributed by atoms with Crippen LogP contribution in [0.1, 0.15) is 84.1 Å². The van der Waals surface area contributed by atoms with E-state index < -0.39 is 159 Å². The predicted molar refractivity (Wildman–Crippen MR) is 208 cm³/mol. The first kappa shape index (κ1) is 43.0. The molecular weight excluding hydrogens is 864 g/mol. The number of rotatable bonds is 4.